The number of nitrogens with zero attached hydrogens (tertiary/aromatic N) is 1. The highest BCUT2D eigenvalue weighted by Gasteiger charge is 2.35. The van der Waals surface area contributed by atoms with E-state index in [1.807, 2.05) is 12.1 Å². The van der Waals surface area contributed by atoms with Gasteiger partial charge in [0.15, 0.2) is 0 Å². The fraction of sp³-hybridized carbons (Fsp3) is 0.562. The molecule has 1 aromatic rings. The Balaban J connectivity index is 1.61. The monoisotopic (exact) mass is 351 g/mol. The fourth-order valence-corrected chi connectivity index (χ4v) is 4.26. The summed E-state index contributed by atoms with van der Waals surface area (Å²) in [6.45, 7) is 1.55. The van der Waals surface area contributed by atoms with Crippen LogP contribution in [0.1, 0.15) is 32.1 Å². The topological polar surface area (TPSA) is 58.4 Å². The lowest BCUT2D eigenvalue weighted by molar-refractivity contribution is -0.118. The molecule has 2 atom stereocenters. The minimum Gasteiger partial charge on any atom is -0.399 e. The molecule has 114 valence electrons. The van der Waals surface area contributed by atoms with E-state index in [2.05, 4.69) is 26.1 Å². The summed E-state index contributed by atoms with van der Waals surface area (Å²) in [5.74, 6) is 0.878. The van der Waals surface area contributed by atoms with Gasteiger partial charge in [0.2, 0.25) is 5.91 Å². The van der Waals surface area contributed by atoms with Crippen molar-refractivity contribution in [2.45, 2.75) is 38.1 Å². The third kappa shape index (κ3) is 3.40. The number of halogens is 1. The Labute approximate surface area is 134 Å². The molecule has 0 aromatic heterocycles. The predicted octanol–water partition coefficient (Wildman–Crippen LogP) is 3.23. The zero-order valence-electron chi connectivity index (χ0n) is 12.1. The zero-order valence-corrected chi connectivity index (χ0v) is 13.7. The van der Waals surface area contributed by atoms with Gasteiger partial charge in [-0.15, -0.1) is 0 Å². The van der Waals surface area contributed by atoms with E-state index in [0.29, 0.717) is 18.3 Å². The third-order valence-corrected chi connectivity index (χ3v) is 5.38. The number of benzene rings is 1. The Morgan fingerprint density at radius 1 is 1.33 bits per heavy atom. The highest BCUT2D eigenvalue weighted by atomic mass is 79.9. The molecule has 1 saturated heterocycles. The molecule has 0 radical (unpaired) electrons. The van der Waals surface area contributed by atoms with Gasteiger partial charge in [-0.1, -0.05) is 6.42 Å². The van der Waals surface area contributed by atoms with E-state index >= 15 is 0 Å². The molecule has 0 bridgehead atoms. The van der Waals surface area contributed by atoms with Gasteiger partial charge in [0.1, 0.15) is 0 Å². The highest BCUT2D eigenvalue weighted by molar-refractivity contribution is 9.10. The van der Waals surface area contributed by atoms with Crippen molar-refractivity contribution in [2.75, 3.05) is 24.1 Å². The van der Waals surface area contributed by atoms with Crippen molar-refractivity contribution in [1.29, 1.82) is 0 Å². The Kier molecular flexibility index (Phi) is 4.50. The molecule has 2 fully saturated rings. The van der Waals surface area contributed by atoms with Gasteiger partial charge in [-0.25, -0.2) is 0 Å². The summed E-state index contributed by atoms with van der Waals surface area (Å²) in [7, 11) is 0. The number of anilines is 2. The van der Waals surface area contributed by atoms with Crippen molar-refractivity contribution >= 4 is 33.2 Å². The Bertz CT molecular complexity index is 534. The van der Waals surface area contributed by atoms with E-state index in [1.54, 1.807) is 6.07 Å². The second-order valence-electron chi connectivity index (χ2n) is 6.16. The summed E-state index contributed by atoms with van der Waals surface area (Å²) in [4.78, 5) is 14.7. The Morgan fingerprint density at radius 3 is 2.95 bits per heavy atom. The summed E-state index contributed by atoms with van der Waals surface area (Å²) >= 11 is 3.44. The van der Waals surface area contributed by atoms with Crippen LogP contribution in [-0.2, 0) is 4.79 Å². The molecule has 2 unspecified atom stereocenters. The zero-order chi connectivity index (χ0) is 14.8. The van der Waals surface area contributed by atoms with Gasteiger partial charge < -0.3 is 11.1 Å². The summed E-state index contributed by atoms with van der Waals surface area (Å²) in [6, 6.07) is 6.07. The van der Waals surface area contributed by atoms with E-state index < -0.39 is 0 Å². The largest absolute Gasteiger partial charge is 0.399 e. The van der Waals surface area contributed by atoms with Crippen LogP contribution < -0.4 is 11.1 Å². The molecule has 21 heavy (non-hydrogen) atoms. The fourth-order valence-electron chi connectivity index (χ4n) is 3.76. The molecule has 0 spiro atoms. The Hall–Kier alpha value is -1.07. The number of hydrogen-bond donors (Lipinski definition) is 2. The number of piperidine rings is 1. The highest BCUT2D eigenvalue weighted by Crippen LogP contribution is 2.36. The molecule has 1 heterocycles. The van der Waals surface area contributed by atoms with E-state index in [9.17, 15) is 4.79 Å². The van der Waals surface area contributed by atoms with Crippen molar-refractivity contribution in [3.63, 3.8) is 0 Å². The first-order valence-electron chi connectivity index (χ1n) is 7.72. The van der Waals surface area contributed by atoms with Crippen LogP contribution in [0.4, 0.5) is 11.4 Å². The molecule has 4 nitrogen and oxygen atoms in total. The molecule has 2 aliphatic rings. The number of carbonyl (C=O) groups excluding carboxylic acids is 1. The number of nitrogens with two attached hydrogens (primary N) is 1. The summed E-state index contributed by atoms with van der Waals surface area (Å²) < 4.78 is 0.827. The predicted molar refractivity (Wildman–Crippen MR) is 89.1 cm³/mol. The number of nitrogen functional groups attached to an aromatic ring is 1. The number of nitrogens with one attached hydrogen (secondary N) is 1. The minimum absolute atomic E-state index is 0.0630. The van der Waals surface area contributed by atoms with Gasteiger partial charge in [-0.3, -0.25) is 9.69 Å². The maximum atomic E-state index is 12.3. The first-order chi connectivity index (χ1) is 10.1. The van der Waals surface area contributed by atoms with Crippen molar-refractivity contribution in [3.05, 3.63) is 22.7 Å². The number of amides is 1. The first kappa shape index (κ1) is 14.9. The maximum Gasteiger partial charge on any atom is 0.238 e. The van der Waals surface area contributed by atoms with Crippen LogP contribution >= 0.6 is 15.9 Å². The molecule has 3 N–H and O–H groups in total. The molecule has 1 aromatic carbocycles. The van der Waals surface area contributed by atoms with Gasteiger partial charge in [0, 0.05) is 16.2 Å². The van der Waals surface area contributed by atoms with E-state index in [4.69, 9.17) is 5.73 Å². The quantitative estimate of drug-likeness (QED) is 0.821. The van der Waals surface area contributed by atoms with Crippen molar-refractivity contribution in [1.82, 2.24) is 4.90 Å². The summed E-state index contributed by atoms with van der Waals surface area (Å²) in [5.41, 5.74) is 7.19. The number of hydrogen-bond acceptors (Lipinski definition) is 3. The van der Waals surface area contributed by atoms with Crippen LogP contribution in [0.5, 0.6) is 0 Å². The average molecular weight is 352 g/mol. The lowest BCUT2D eigenvalue weighted by Crippen LogP contribution is -2.46. The first-order valence-corrected chi connectivity index (χ1v) is 8.52. The third-order valence-electron chi connectivity index (χ3n) is 4.72. The summed E-state index contributed by atoms with van der Waals surface area (Å²) in [6.07, 6.45) is 6.47. The van der Waals surface area contributed by atoms with Crippen LogP contribution in [-0.4, -0.2) is 29.9 Å². The lowest BCUT2D eigenvalue weighted by atomic mass is 9.92. The minimum atomic E-state index is 0.0630. The Morgan fingerprint density at radius 2 is 2.14 bits per heavy atom. The number of fused-ring (bicyclic) bond motifs is 1. The van der Waals surface area contributed by atoms with Crippen molar-refractivity contribution in [2.24, 2.45) is 5.92 Å². The molecule has 1 aliphatic carbocycles. The molecule has 1 saturated carbocycles. The normalized spacial score (nSPS) is 25.6. The summed E-state index contributed by atoms with van der Waals surface area (Å²) in [5, 5.41) is 2.98. The molecule has 1 aliphatic heterocycles. The molecule has 1 amide bonds. The van der Waals surface area contributed by atoms with Gasteiger partial charge >= 0.3 is 0 Å². The molecule has 5 heteroatoms. The molecule has 3 rings (SSSR count). The van der Waals surface area contributed by atoms with Gasteiger partial charge in [0.25, 0.3) is 0 Å². The number of rotatable bonds is 3. The molecular formula is C16H22BrN3O. The maximum absolute atomic E-state index is 12.3. The smallest absolute Gasteiger partial charge is 0.238 e. The number of likely N-dealkylation sites (tertiary alicyclic amines) is 1. The molecular weight excluding hydrogens is 330 g/mol. The van der Waals surface area contributed by atoms with Gasteiger partial charge in [0.05, 0.1) is 12.2 Å². The van der Waals surface area contributed by atoms with Crippen LogP contribution in [0.25, 0.3) is 0 Å². The van der Waals surface area contributed by atoms with E-state index in [1.165, 1.54) is 32.1 Å². The lowest BCUT2D eigenvalue weighted by Gasteiger charge is -2.37. The van der Waals surface area contributed by atoms with Crippen LogP contribution in [0.3, 0.4) is 0 Å². The van der Waals surface area contributed by atoms with Gasteiger partial charge in [-0.05, 0) is 72.3 Å². The number of carbonyl (C=O) groups is 1. The van der Waals surface area contributed by atoms with Crippen molar-refractivity contribution < 1.29 is 4.79 Å². The second kappa shape index (κ2) is 6.36. The van der Waals surface area contributed by atoms with E-state index in [0.717, 1.165) is 22.6 Å². The van der Waals surface area contributed by atoms with Crippen LogP contribution in [0.2, 0.25) is 0 Å². The second-order valence-corrected chi connectivity index (χ2v) is 7.01. The van der Waals surface area contributed by atoms with Crippen LogP contribution in [0.15, 0.2) is 22.7 Å². The van der Waals surface area contributed by atoms with Crippen molar-refractivity contribution in [3.8, 4) is 0 Å². The van der Waals surface area contributed by atoms with E-state index in [-0.39, 0.29) is 5.91 Å². The van der Waals surface area contributed by atoms with Crippen LogP contribution in [0, 0.1) is 5.92 Å². The van der Waals surface area contributed by atoms with Gasteiger partial charge in [-0.2, -0.15) is 0 Å². The SMILES string of the molecule is Nc1ccc(NC(=O)CN2CCCC3CCCC32)c(Br)c1. The average Bonchev–Trinajstić information content (AvgIpc) is 2.91. The standard InChI is InChI=1S/C16H22BrN3O/c17-13-9-12(18)6-7-14(13)19-16(21)10-20-8-2-4-11-3-1-5-15(11)20/h6-7,9,11,15H,1-5,8,10,18H2,(H,19,21).